The molecule has 4 rings (SSSR count). The molecule has 150 valence electrons. The van der Waals surface area contributed by atoms with Gasteiger partial charge in [-0.2, -0.15) is 0 Å². The molecule has 0 heterocycles. The van der Waals surface area contributed by atoms with Gasteiger partial charge in [-0.25, -0.2) is 4.79 Å². The summed E-state index contributed by atoms with van der Waals surface area (Å²) in [6, 6.07) is 28.7. The number of benzene rings is 4. The van der Waals surface area contributed by atoms with E-state index in [0.717, 1.165) is 23.1 Å². The highest BCUT2D eigenvalue weighted by atomic mass is 16.4. The van der Waals surface area contributed by atoms with Crippen LogP contribution < -0.4 is 0 Å². The molecule has 2 heteroatoms. The fourth-order valence-electron chi connectivity index (χ4n) is 4.19. The third-order valence-electron chi connectivity index (χ3n) is 5.55. The molecule has 0 atom stereocenters. The summed E-state index contributed by atoms with van der Waals surface area (Å²) in [4.78, 5) is 11.9. The molecule has 0 saturated heterocycles. The molecule has 0 aliphatic heterocycles. The highest BCUT2D eigenvalue weighted by Crippen LogP contribution is 2.30. The van der Waals surface area contributed by atoms with Crippen LogP contribution in [0.15, 0.2) is 84.9 Å². The zero-order valence-electron chi connectivity index (χ0n) is 17.4. The average Bonchev–Trinajstić information content (AvgIpc) is 2.74. The Kier molecular flexibility index (Phi) is 5.67. The number of fused-ring (bicyclic) bond motifs is 1. The SMILES string of the molecule is CC(C)Cc1ccccc1-c1ccc(C(=O)O)c(Cc2cccc3ccccc23)c1. The first-order valence-electron chi connectivity index (χ1n) is 10.4. The van der Waals surface area contributed by atoms with Crippen molar-refractivity contribution < 1.29 is 9.90 Å². The summed E-state index contributed by atoms with van der Waals surface area (Å²) < 4.78 is 0. The van der Waals surface area contributed by atoms with Gasteiger partial charge in [0.25, 0.3) is 0 Å². The van der Waals surface area contributed by atoms with Crippen LogP contribution in [0, 0.1) is 5.92 Å². The molecule has 0 aliphatic carbocycles. The van der Waals surface area contributed by atoms with Crippen molar-refractivity contribution in [1.82, 2.24) is 0 Å². The molecule has 0 radical (unpaired) electrons. The van der Waals surface area contributed by atoms with Crippen molar-refractivity contribution in [2.45, 2.75) is 26.7 Å². The number of aromatic carboxylic acids is 1. The molecule has 4 aromatic carbocycles. The molecule has 0 spiro atoms. The van der Waals surface area contributed by atoms with E-state index in [4.69, 9.17) is 0 Å². The Balaban J connectivity index is 1.81. The van der Waals surface area contributed by atoms with Gasteiger partial charge in [-0.3, -0.25) is 0 Å². The first-order valence-corrected chi connectivity index (χ1v) is 10.4. The Bertz CT molecular complexity index is 1200. The van der Waals surface area contributed by atoms with Crippen LogP contribution in [0.5, 0.6) is 0 Å². The van der Waals surface area contributed by atoms with Crippen LogP contribution in [-0.4, -0.2) is 11.1 Å². The Morgan fingerprint density at radius 2 is 1.50 bits per heavy atom. The minimum Gasteiger partial charge on any atom is -0.478 e. The van der Waals surface area contributed by atoms with Crippen LogP contribution >= 0.6 is 0 Å². The van der Waals surface area contributed by atoms with E-state index in [1.165, 1.54) is 21.9 Å². The van der Waals surface area contributed by atoms with Crippen molar-refractivity contribution in [3.63, 3.8) is 0 Å². The molecule has 0 amide bonds. The topological polar surface area (TPSA) is 37.3 Å². The highest BCUT2D eigenvalue weighted by Gasteiger charge is 2.15. The van der Waals surface area contributed by atoms with Crippen LogP contribution in [-0.2, 0) is 12.8 Å². The summed E-state index contributed by atoms with van der Waals surface area (Å²) in [5.74, 6) is -0.327. The van der Waals surface area contributed by atoms with Crippen molar-refractivity contribution in [2.24, 2.45) is 5.92 Å². The molecular formula is C28H26O2. The first kappa shape index (κ1) is 19.9. The highest BCUT2D eigenvalue weighted by molar-refractivity contribution is 5.91. The molecule has 0 saturated carbocycles. The lowest BCUT2D eigenvalue weighted by atomic mass is 9.89. The first-order chi connectivity index (χ1) is 14.5. The normalized spacial score (nSPS) is 11.2. The molecule has 4 aromatic rings. The van der Waals surface area contributed by atoms with Gasteiger partial charge in [0.05, 0.1) is 5.56 Å². The zero-order valence-corrected chi connectivity index (χ0v) is 17.4. The summed E-state index contributed by atoms with van der Waals surface area (Å²) in [7, 11) is 0. The predicted molar refractivity (Wildman–Crippen MR) is 124 cm³/mol. The van der Waals surface area contributed by atoms with Gasteiger partial charge in [0.1, 0.15) is 0 Å². The molecule has 0 aromatic heterocycles. The lowest BCUT2D eigenvalue weighted by Crippen LogP contribution is -2.04. The second-order valence-corrected chi connectivity index (χ2v) is 8.25. The minimum atomic E-state index is -0.882. The maximum absolute atomic E-state index is 11.9. The maximum Gasteiger partial charge on any atom is 0.335 e. The molecule has 0 fully saturated rings. The summed E-state index contributed by atoms with van der Waals surface area (Å²) in [5.41, 5.74) is 5.91. The average molecular weight is 395 g/mol. The summed E-state index contributed by atoms with van der Waals surface area (Å²) >= 11 is 0. The number of carboxylic acids is 1. The van der Waals surface area contributed by atoms with Crippen LogP contribution in [0.3, 0.4) is 0 Å². The third-order valence-corrected chi connectivity index (χ3v) is 5.55. The second-order valence-electron chi connectivity index (χ2n) is 8.25. The number of hydrogen-bond acceptors (Lipinski definition) is 1. The predicted octanol–water partition coefficient (Wildman–Crippen LogP) is 6.99. The minimum absolute atomic E-state index is 0.369. The van der Waals surface area contributed by atoms with Gasteiger partial charge in [-0.05, 0) is 69.5 Å². The molecule has 1 N–H and O–H groups in total. The standard InChI is InChI=1S/C28H26O2/c1-19(2)16-21-9-4-6-13-26(21)23-14-15-27(28(29)30)24(18-23)17-22-11-7-10-20-8-3-5-12-25(20)22/h3-15,18-19H,16-17H2,1-2H3,(H,29,30). The monoisotopic (exact) mass is 394 g/mol. The molecule has 0 bridgehead atoms. The Morgan fingerprint density at radius 3 is 2.30 bits per heavy atom. The third kappa shape index (κ3) is 4.13. The molecule has 30 heavy (non-hydrogen) atoms. The van der Waals surface area contributed by atoms with Crippen molar-refractivity contribution in [2.75, 3.05) is 0 Å². The van der Waals surface area contributed by atoms with Crippen LogP contribution in [0.4, 0.5) is 0 Å². The number of rotatable bonds is 6. The second kappa shape index (κ2) is 8.54. The van der Waals surface area contributed by atoms with E-state index in [0.29, 0.717) is 17.9 Å². The van der Waals surface area contributed by atoms with Gasteiger partial charge in [0, 0.05) is 0 Å². The van der Waals surface area contributed by atoms with Crippen LogP contribution in [0.25, 0.3) is 21.9 Å². The van der Waals surface area contributed by atoms with E-state index >= 15 is 0 Å². The van der Waals surface area contributed by atoms with Gasteiger partial charge in [0.2, 0.25) is 0 Å². The number of carboxylic acid groups (broad SMARTS) is 1. The van der Waals surface area contributed by atoms with Crippen molar-refractivity contribution >= 4 is 16.7 Å². The fraction of sp³-hybridized carbons (Fsp3) is 0.179. The Labute approximate surface area is 177 Å². The van der Waals surface area contributed by atoms with E-state index in [9.17, 15) is 9.90 Å². The Morgan fingerprint density at radius 1 is 0.800 bits per heavy atom. The van der Waals surface area contributed by atoms with Crippen LogP contribution in [0.2, 0.25) is 0 Å². The quantitative estimate of drug-likeness (QED) is 0.382. The number of carbonyl (C=O) groups is 1. The Hall–Kier alpha value is -3.39. The largest absolute Gasteiger partial charge is 0.478 e. The van der Waals surface area contributed by atoms with Gasteiger partial charge < -0.3 is 5.11 Å². The van der Waals surface area contributed by atoms with Crippen molar-refractivity contribution in [1.29, 1.82) is 0 Å². The maximum atomic E-state index is 11.9. The fourth-order valence-corrected chi connectivity index (χ4v) is 4.19. The molecule has 0 unspecified atom stereocenters. The van der Waals surface area contributed by atoms with E-state index in [1.807, 2.05) is 24.3 Å². The van der Waals surface area contributed by atoms with Gasteiger partial charge in [0.15, 0.2) is 0 Å². The molecule has 2 nitrogen and oxygen atoms in total. The molecule has 0 aliphatic rings. The van der Waals surface area contributed by atoms with Crippen molar-refractivity contribution in [3.8, 4) is 11.1 Å². The van der Waals surface area contributed by atoms with Gasteiger partial charge in [-0.1, -0.05) is 86.6 Å². The molecular weight excluding hydrogens is 368 g/mol. The smallest absolute Gasteiger partial charge is 0.335 e. The van der Waals surface area contributed by atoms with E-state index in [1.54, 1.807) is 6.07 Å². The van der Waals surface area contributed by atoms with E-state index in [2.05, 4.69) is 68.4 Å². The van der Waals surface area contributed by atoms with Crippen molar-refractivity contribution in [3.05, 3.63) is 107 Å². The lowest BCUT2D eigenvalue weighted by Gasteiger charge is -2.15. The summed E-state index contributed by atoms with van der Waals surface area (Å²) in [6.45, 7) is 4.44. The lowest BCUT2D eigenvalue weighted by molar-refractivity contribution is 0.0696. The van der Waals surface area contributed by atoms with Gasteiger partial charge >= 0.3 is 5.97 Å². The number of hydrogen-bond donors (Lipinski definition) is 1. The summed E-state index contributed by atoms with van der Waals surface area (Å²) in [5, 5.41) is 12.1. The summed E-state index contributed by atoms with van der Waals surface area (Å²) in [6.07, 6.45) is 1.58. The van der Waals surface area contributed by atoms with Gasteiger partial charge in [-0.15, -0.1) is 0 Å². The van der Waals surface area contributed by atoms with E-state index in [-0.39, 0.29) is 0 Å². The van der Waals surface area contributed by atoms with E-state index < -0.39 is 5.97 Å². The zero-order chi connectivity index (χ0) is 21.1. The van der Waals surface area contributed by atoms with Crippen LogP contribution in [0.1, 0.15) is 40.9 Å².